The number of hydrogen-bond acceptors (Lipinski definition) is 7. The van der Waals surface area contributed by atoms with Crippen LogP contribution in [-0.4, -0.2) is 80.3 Å². The standard InChI is InChI=1S/C48H73N3O4S2/c1-32(2)35-14-21-48(49-24-25-51-26-28-57(9,54)29-27-51)23-22-45(7)37(41(35)48)10-11-39-44(6)17-15-36(43(4,5)38(44)16-18-46(39,45)8)34-12-19-47(20-13-34,42(52)53)31-55-40-30-33(3)56-50-40/h12,15,30,35,37-39,41,49H,1,9-11,13-14,16-29,31H2,2-8H3,(H,52,53)/t35-,37+,38-,39+,41+,44-,45+,46+,47?,48-/m0/s1. The molecule has 0 aromatic carbocycles. The van der Waals surface area contributed by atoms with Crippen LogP contribution in [0.15, 0.2) is 41.5 Å². The number of carboxylic acid groups (broad SMARTS) is 1. The van der Waals surface area contributed by atoms with Crippen LogP contribution in [0.5, 0.6) is 5.88 Å². The van der Waals surface area contributed by atoms with Gasteiger partial charge in [0.15, 0.2) is 0 Å². The number of aliphatic carboxylic acids is 1. The smallest absolute Gasteiger partial charge is 0.313 e. The van der Waals surface area contributed by atoms with Crippen molar-refractivity contribution < 1.29 is 18.8 Å². The van der Waals surface area contributed by atoms with E-state index in [1.165, 1.54) is 79.6 Å². The van der Waals surface area contributed by atoms with Crippen molar-refractivity contribution in [3.8, 4) is 5.88 Å². The lowest BCUT2D eigenvalue weighted by Crippen LogP contribution is -2.68. The molecule has 5 fully saturated rings. The van der Waals surface area contributed by atoms with E-state index in [2.05, 4.69) is 80.7 Å². The predicted octanol–water partition coefficient (Wildman–Crippen LogP) is 9.58. The van der Waals surface area contributed by atoms with Gasteiger partial charge < -0.3 is 20.1 Å². The molecule has 8 rings (SSSR count). The van der Waals surface area contributed by atoms with Crippen molar-refractivity contribution in [2.75, 3.05) is 44.3 Å². The third-order valence-corrected chi connectivity index (χ3v) is 21.2. The van der Waals surface area contributed by atoms with Crippen LogP contribution in [0.2, 0.25) is 0 Å². The summed E-state index contributed by atoms with van der Waals surface area (Å²) in [6.07, 6.45) is 18.2. The molecule has 1 aliphatic heterocycles. The fraction of sp³-hybridized carbons (Fsp3) is 0.771. The van der Waals surface area contributed by atoms with Crippen LogP contribution in [-0.2, 0) is 14.3 Å². The van der Waals surface area contributed by atoms with E-state index in [0.29, 0.717) is 53.7 Å². The number of carbonyl (C=O) groups is 1. The van der Waals surface area contributed by atoms with E-state index in [9.17, 15) is 14.1 Å². The van der Waals surface area contributed by atoms with Crippen molar-refractivity contribution in [1.29, 1.82) is 0 Å². The minimum Gasteiger partial charge on any atom is -0.481 e. The maximum absolute atomic E-state index is 12.7. The number of carboxylic acids is 1. The fourth-order valence-electron chi connectivity index (χ4n) is 15.2. The molecule has 0 radical (unpaired) electrons. The van der Waals surface area contributed by atoms with Crippen molar-refractivity contribution in [3.05, 3.63) is 46.4 Å². The highest BCUT2D eigenvalue weighted by molar-refractivity contribution is 8.00. The molecule has 2 heterocycles. The average molecular weight is 820 g/mol. The highest BCUT2D eigenvalue weighted by Gasteiger charge is 2.70. The Bertz CT molecular complexity index is 1920. The molecule has 57 heavy (non-hydrogen) atoms. The third-order valence-electron chi connectivity index (χ3n) is 18.6. The summed E-state index contributed by atoms with van der Waals surface area (Å²) in [4.78, 5) is 16.3. The Morgan fingerprint density at radius 2 is 1.75 bits per heavy atom. The lowest BCUT2D eigenvalue weighted by Gasteiger charge is -2.72. The van der Waals surface area contributed by atoms with Gasteiger partial charge in [0.1, 0.15) is 12.0 Å². The van der Waals surface area contributed by atoms with Gasteiger partial charge >= 0.3 is 5.97 Å². The molecule has 2 N–H and O–H groups in total. The normalized spacial score (nSPS) is 42.4. The van der Waals surface area contributed by atoms with Crippen LogP contribution in [0.3, 0.4) is 0 Å². The summed E-state index contributed by atoms with van der Waals surface area (Å²) in [5.41, 5.74) is 4.35. The fourth-order valence-corrected chi connectivity index (χ4v) is 17.1. The van der Waals surface area contributed by atoms with Gasteiger partial charge in [-0.3, -0.25) is 9.00 Å². The topological polar surface area (TPSA) is 91.8 Å². The summed E-state index contributed by atoms with van der Waals surface area (Å²) in [5, 5.41) is 14.7. The first-order valence-electron chi connectivity index (χ1n) is 22.4. The molecule has 7 aliphatic rings. The van der Waals surface area contributed by atoms with Crippen molar-refractivity contribution >= 4 is 32.9 Å². The minimum atomic E-state index is -1.87. The summed E-state index contributed by atoms with van der Waals surface area (Å²) in [6, 6.07) is 1.90. The first-order chi connectivity index (χ1) is 26.8. The van der Waals surface area contributed by atoms with Crippen LogP contribution >= 0.6 is 11.5 Å². The summed E-state index contributed by atoms with van der Waals surface area (Å²) in [6.45, 7) is 26.2. The number of ether oxygens (including phenoxy) is 1. The van der Waals surface area contributed by atoms with Gasteiger partial charge in [0.05, 0.1) is 0 Å². The second-order valence-corrected chi connectivity index (χ2v) is 25.4. The molecule has 6 aliphatic carbocycles. The van der Waals surface area contributed by atoms with Crippen LogP contribution in [0.1, 0.15) is 123 Å². The summed E-state index contributed by atoms with van der Waals surface area (Å²) >= 11 is 1.39. The molecule has 10 atom stereocenters. The SMILES string of the molecule is C=C(C)[C@@H]1CC[C@]2(NCCN3CCS(=C)(=O)CC3)CC[C@]3(C)[C@H](CC[C@@H]4[C@@]5(C)CC=C(C6=CCC(COc7cc(C)sn7)(C(=O)O)CC6)C(C)(C)[C@@H]5CC[C@]43C)[C@@H]12. The van der Waals surface area contributed by atoms with Gasteiger partial charge in [-0.25, -0.2) is 0 Å². The van der Waals surface area contributed by atoms with Gasteiger partial charge in [0.2, 0.25) is 5.88 Å². The molecule has 0 bridgehead atoms. The van der Waals surface area contributed by atoms with Crippen molar-refractivity contribution in [3.63, 3.8) is 0 Å². The second kappa shape index (κ2) is 14.6. The maximum Gasteiger partial charge on any atom is 0.313 e. The number of nitrogens with zero attached hydrogens (tertiary/aromatic N) is 2. The molecule has 0 spiro atoms. The zero-order valence-electron chi connectivity index (χ0n) is 36.4. The van der Waals surface area contributed by atoms with Crippen LogP contribution in [0.4, 0.5) is 0 Å². The third kappa shape index (κ3) is 6.77. The molecule has 7 nitrogen and oxygen atoms in total. The summed E-state index contributed by atoms with van der Waals surface area (Å²) in [5.74, 6) is 8.44. The highest BCUT2D eigenvalue weighted by atomic mass is 32.2. The molecule has 9 heteroatoms. The molecule has 4 saturated carbocycles. The number of rotatable bonds is 10. The molecule has 316 valence electrons. The average Bonchev–Trinajstić information content (AvgIpc) is 3.75. The molecule has 1 aromatic rings. The zero-order chi connectivity index (χ0) is 40.8. The number of allylic oxidation sites excluding steroid dienone is 5. The summed E-state index contributed by atoms with van der Waals surface area (Å²) in [7, 11) is -1.87. The number of aromatic nitrogens is 1. The van der Waals surface area contributed by atoms with Gasteiger partial charge in [-0.2, -0.15) is 4.37 Å². The Morgan fingerprint density at radius 3 is 2.40 bits per heavy atom. The number of fused-ring (bicyclic) bond motifs is 7. The molecule has 1 saturated heterocycles. The van der Waals surface area contributed by atoms with E-state index in [1.807, 2.05) is 13.0 Å². The molecule has 1 unspecified atom stereocenters. The maximum atomic E-state index is 12.7. The molecular formula is C48H73N3O4S2. The predicted molar refractivity (Wildman–Crippen MR) is 237 cm³/mol. The van der Waals surface area contributed by atoms with Crippen LogP contribution in [0.25, 0.3) is 0 Å². The Kier molecular flexibility index (Phi) is 10.7. The first kappa shape index (κ1) is 41.8. The molecular weight excluding hydrogens is 747 g/mol. The first-order valence-corrected chi connectivity index (χ1v) is 25.3. The number of hydrogen-bond donors (Lipinski definition) is 2. The quantitative estimate of drug-likeness (QED) is 0.180. The number of nitrogens with one attached hydrogen (secondary N) is 1. The Morgan fingerprint density at radius 1 is 1.00 bits per heavy atom. The lowest BCUT2D eigenvalue weighted by molar-refractivity contribution is -0.221. The van der Waals surface area contributed by atoms with E-state index in [1.54, 1.807) is 0 Å². The monoisotopic (exact) mass is 820 g/mol. The van der Waals surface area contributed by atoms with Gasteiger partial charge in [-0.15, -0.1) is 0 Å². The molecule has 0 amide bonds. The Hall–Kier alpha value is -1.94. The van der Waals surface area contributed by atoms with Crippen LogP contribution in [0, 0.1) is 63.6 Å². The van der Waals surface area contributed by atoms with Crippen molar-refractivity contribution in [2.45, 2.75) is 131 Å². The van der Waals surface area contributed by atoms with E-state index < -0.39 is 20.9 Å². The van der Waals surface area contributed by atoms with Crippen molar-refractivity contribution in [1.82, 2.24) is 14.6 Å². The Labute approximate surface area is 349 Å². The van der Waals surface area contributed by atoms with Crippen LogP contribution < -0.4 is 10.1 Å². The largest absolute Gasteiger partial charge is 0.481 e. The van der Waals surface area contributed by atoms with Gasteiger partial charge in [-0.1, -0.05) is 58.9 Å². The van der Waals surface area contributed by atoms with Gasteiger partial charge in [-0.05, 0) is 180 Å². The van der Waals surface area contributed by atoms with E-state index in [4.69, 9.17) is 4.74 Å². The second-order valence-electron chi connectivity index (χ2n) is 21.6. The van der Waals surface area contributed by atoms with Gasteiger partial charge in [0, 0.05) is 54.2 Å². The van der Waals surface area contributed by atoms with Crippen molar-refractivity contribution in [2.24, 2.45) is 56.7 Å². The van der Waals surface area contributed by atoms with E-state index >= 15 is 0 Å². The Balaban J connectivity index is 1.01. The number of aryl methyl sites for hydroxylation is 1. The molecule has 1 aromatic heterocycles. The van der Waals surface area contributed by atoms with Gasteiger partial charge in [0.25, 0.3) is 0 Å². The van der Waals surface area contributed by atoms with E-state index in [-0.39, 0.29) is 28.4 Å². The highest BCUT2D eigenvalue weighted by Crippen LogP contribution is 2.76. The zero-order valence-corrected chi connectivity index (χ0v) is 38.0. The van der Waals surface area contributed by atoms with E-state index in [0.717, 1.165) is 55.4 Å². The lowest BCUT2D eigenvalue weighted by atomic mass is 9.33. The minimum absolute atomic E-state index is 0.0242. The summed E-state index contributed by atoms with van der Waals surface area (Å²) < 4.78 is 22.9.